The smallest absolute Gasteiger partial charge is 0.339 e. The van der Waals surface area contributed by atoms with Crippen molar-refractivity contribution in [2.24, 2.45) is 5.92 Å². The molecule has 6 heteroatoms. The van der Waals surface area contributed by atoms with Crippen LogP contribution in [0.4, 0.5) is 0 Å². The van der Waals surface area contributed by atoms with Gasteiger partial charge >= 0.3 is 11.9 Å². The molecule has 0 aliphatic rings. The minimum absolute atomic E-state index is 0.0359. The molecule has 0 aliphatic heterocycles. The number of phenols is 1. The fourth-order valence-corrected chi connectivity index (χ4v) is 1.46. The molecular formula is C15H15NO5. The number of carboxylic acid groups (broad SMARTS) is 1. The van der Waals surface area contributed by atoms with Crippen LogP contribution in [0.25, 0.3) is 5.57 Å². The number of carbonyl (C=O) groups is 2. The molecule has 1 aromatic carbocycles. The Morgan fingerprint density at radius 1 is 1.43 bits per heavy atom. The van der Waals surface area contributed by atoms with Gasteiger partial charge in [0.1, 0.15) is 17.4 Å². The quantitative estimate of drug-likeness (QED) is 0.488. The van der Waals surface area contributed by atoms with Crippen molar-refractivity contribution in [1.82, 2.24) is 0 Å². The standard InChI is InChI=1S/C15H15NO5/c1-9(2)8-21-14(18)6-11(7-16)10-3-4-13(17)12(5-10)15(19)20/h3-6,9,17H,8H2,1-2H3,(H,19,20). The number of ether oxygens (including phenoxy) is 1. The van der Waals surface area contributed by atoms with Crippen LogP contribution in [0.15, 0.2) is 24.3 Å². The van der Waals surface area contributed by atoms with E-state index in [1.165, 1.54) is 6.07 Å². The summed E-state index contributed by atoms with van der Waals surface area (Å²) < 4.78 is 4.93. The van der Waals surface area contributed by atoms with Gasteiger partial charge in [-0.1, -0.05) is 13.8 Å². The number of rotatable bonds is 5. The Bertz CT molecular complexity index is 625. The highest BCUT2D eigenvalue weighted by molar-refractivity contribution is 5.97. The van der Waals surface area contributed by atoms with Gasteiger partial charge in [-0.3, -0.25) is 0 Å². The molecule has 0 bridgehead atoms. The second-order valence-electron chi connectivity index (χ2n) is 4.73. The molecule has 1 aromatic rings. The Kier molecular flexibility index (Phi) is 5.49. The molecule has 0 fully saturated rings. The van der Waals surface area contributed by atoms with Gasteiger partial charge in [-0.25, -0.2) is 9.59 Å². The number of benzene rings is 1. The summed E-state index contributed by atoms with van der Waals surface area (Å²) in [5.74, 6) is -2.25. The molecule has 2 N–H and O–H groups in total. The maximum absolute atomic E-state index is 11.6. The number of carboxylic acids is 1. The first-order valence-corrected chi connectivity index (χ1v) is 6.20. The molecule has 0 saturated carbocycles. The molecule has 1 rings (SSSR count). The van der Waals surface area contributed by atoms with Crippen LogP contribution in [-0.2, 0) is 9.53 Å². The van der Waals surface area contributed by atoms with Gasteiger partial charge in [0.25, 0.3) is 0 Å². The number of aromatic carboxylic acids is 1. The van der Waals surface area contributed by atoms with E-state index in [-0.39, 0.29) is 29.2 Å². The molecule has 0 aromatic heterocycles. The molecule has 0 amide bonds. The van der Waals surface area contributed by atoms with E-state index in [4.69, 9.17) is 15.1 Å². The summed E-state index contributed by atoms with van der Waals surface area (Å²) in [7, 11) is 0. The summed E-state index contributed by atoms with van der Waals surface area (Å²) in [5.41, 5.74) is -0.162. The number of aromatic hydroxyl groups is 1. The molecule has 0 aliphatic carbocycles. The molecule has 21 heavy (non-hydrogen) atoms. The second-order valence-corrected chi connectivity index (χ2v) is 4.73. The summed E-state index contributed by atoms with van der Waals surface area (Å²) in [6.45, 7) is 3.98. The van der Waals surface area contributed by atoms with E-state index in [0.29, 0.717) is 0 Å². The number of hydrogen-bond donors (Lipinski definition) is 2. The zero-order chi connectivity index (χ0) is 16.0. The number of esters is 1. The molecule has 0 spiro atoms. The predicted molar refractivity (Wildman–Crippen MR) is 74.5 cm³/mol. The minimum Gasteiger partial charge on any atom is -0.507 e. The van der Waals surface area contributed by atoms with Crippen LogP contribution in [0.2, 0.25) is 0 Å². The van der Waals surface area contributed by atoms with E-state index in [1.807, 2.05) is 19.9 Å². The monoisotopic (exact) mass is 289 g/mol. The van der Waals surface area contributed by atoms with Crippen LogP contribution >= 0.6 is 0 Å². The van der Waals surface area contributed by atoms with Crippen LogP contribution in [0.3, 0.4) is 0 Å². The van der Waals surface area contributed by atoms with Crippen molar-refractivity contribution in [2.75, 3.05) is 6.61 Å². The first-order valence-electron chi connectivity index (χ1n) is 6.20. The maximum Gasteiger partial charge on any atom is 0.339 e. The van der Waals surface area contributed by atoms with Gasteiger partial charge in [-0.15, -0.1) is 0 Å². The zero-order valence-corrected chi connectivity index (χ0v) is 11.7. The second kappa shape index (κ2) is 7.10. The third kappa shape index (κ3) is 4.66. The Morgan fingerprint density at radius 3 is 2.62 bits per heavy atom. The fourth-order valence-electron chi connectivity index (χ4n) is 1.46. The first kappa shape index (κ1) is 16.2. The molecule has 110 valence electrons. The van der Waals surface area contributed by atoms with E-state index in [1.54, 1.807) is 0 Å². The molecule has 0 atom stereocenters. The van der Waals surface area contributed by atoms with E-state index < -0.39 is 17.7 Å². The lowest BCUT2D eigenvalue weighted by atomic mass is 10.0. The van der Waals surface area contributed by atoms with Crippen molar-refractivity contribution in [1.29, 1.82) is 5.26 Å². The van der Waals surface area contributed by atoms with Crippen molar-refractivity contribution in [3.8, 4) is 11.8 Å². The van der Waals surface area contributed by atoms with Gasteiger partial charge in [0.05, 0.1) is 12.2 Å². The van der Waals surface area contributed by atoms with Crippen LogP contribution < -0.4 is 0 Å². The SMILES string of the molecule is CC(C)COC(=O)C=C(C#N)c1ccc(O)c(C(=O)O)c1. The lowest BCUT2D eigenvalue weighted by Gasteiger charge is -2.06. The van der Waals surface area contributed by atoms with Crippen molar-refractivity contribution < 1.29 is 24.5 Å². The number of nitriles is 1. The predicted octanol–water partition coefficient (Wildman–Crippen LogP) is 2.20. The Morgan fingerprint density at radius 2 is 2.10 bits per heavy atom. The Balaban J connectivity index is 3.06. The van der Waals surface area contributed by atoms with Crippen LogP contribution in [0.1, 0.15) is 29.8 Å². The van der Waals surface area contributed by atoms with Gasteiger partial charge in [-0.2, -0.15) is 5.26 Å². The fraction of sp³-hybridized carbons (Fsp3) is 0.267. The van der Waals surface area contributed by atoms with Crippen molar-refractivity contribution in [2.45, 2.75) is 13.8 Å². The molecule has 0 unspecified atom stereocenters. The van der Waals surface area contributed by atoms with Gasteiger partial charge in [0, 0.05) is 6.08 Å². The van der Waals surface area contributed by atoms with Crippen LogP contribution in [0, 0.1) is 17.2 Å². The highest BCUT2D eigenvalue weighted by Crippen LogP contribution is 2.23. The summed E-state index contributed by atoms with van der Waals surface area (Å²) >= 11 is 0. The molecular weight excluding hydrogens is 274 g/mol. The van der Waals surface area contributed by atoms with Crippen LogP contribution in [-0.4, -0.2) is 28.8 Å². The molecule has 0 heterocycles. The average molecular weight is 289 g/mol. The van der Waals surface area contributed by atoms with Crippen molar-refractivity contribution in [3.63, 3.8) is 0 Å². The van der Waals surface area contributed by atoms with Gasteiger partial charge < -0.3 is 14.9 Å². The zero-order valence-electron chi connectivity index (χ0n) is 11.7. The number of hydrogen-bond acceptors (Lipinski definition) is 5. The van der Waals surface area contributed by atoms with Crippen molar-refractivity contribution >= 4 is 17.5 Å². The third-order valence-electron chi connectivity index (χ3n) is 2.48. The third-order valence-corrected chi connectivity index (χ3v) is 2.48. The van der Waals surface area contributed by atoms with E-state index in [9.17, 15) is 14.7 Å². The Hall–Kier alpha value is -2.81. The largest absolute Gasteiger partial charge is 0.507 e. The summed E-state index contributed by atoms with van der Waals surface area (Å²) in [6.07, 6.45) is 1.00. The van der Waals surface area contributed by atoms with Crippen molar-refractivity contribution in [3.05, 3.63) is 35.4 Å². The lowest BCUT2D eigenvalue weighted by Crippen LogP contribution is -2.08. The first-order chi connectivity index (χ1) is 9.85. The van der Waals surface area contributed by atoms with Crippen LogP contribution in [0.5, 0.6) is 5.75 Å². The maximum atomic E-state index is 11.6. The van der Waals surface area contributed by atoms with E-state index >= 15 is 0 Å². The summed E-state index contributed by atoms with van der Waals surface area (Å²) in [6, 6.07) is 5.45. The average Bonchev–Trinajstić information content (AvgIpc) is 2.43. The molecule has 6 nitrogen and oxygen atoms in total. The number of nitrogens with zero attached hydrogens (tertiary/aromatic N) is 1. The molecule has 0 saturated heterocycles. The van der Waals surface area contributed by atoms with Gasteiger partial charge in [-0.05, 0) is 29.7 Å². The summed E-state index contributed by atoms with van der Waals surface area (Å²) in [5, 5.41) is 27.4. The normalized spacial score (nSPS) is 11.0. The van der Waals surface area contributed by atoms with Gasteiger partial charge in [0.15, 0.2) is 0 Å². The topological polar surface area (TPSA) is 108 Å². The Labute approximate surface area is 121 Å². The van der Waals surface area contributed by atoms with E-state index in [0.717, 1.165) is 18.2 Å². The number of carbonyl (C=O) groups excluding carboxylic acids is 1. The highest BCUT2D eigenvalue weighted by Gasteiger charge is 2.13. The highest BCUT2D eigenvalue weighted by atomic mass is 16.5. The lowest BCUT2D eigenvalue weighted by molar-refractivity contribution is -0.138. The van der Waals surface area contributed by atoms with Gasteiger partial charge in [0.2, 0.25) is 0 Å². The minimum atomic E-state index is -1.32. The molecule has 0 radical (unpaired) electrons. The number of allylic oxidation sites excluding steroid dienone is 1. The summed E-state index contributed by atoms with van der Waals surface area (Å²) in [4.78, 5) is 22.5. The van der Waals surface area contributed by atoms with E-state index in [2.05, 4.69) is 0 Å².